The average molecular weight is 327 g/mol. The number of nitrogens with zero attached hydrogens (tertiary/aromatic N) is 6. The lowest BCUT2D eigenvalue weighted by molar-refractivity contribution is 0.0946. The van der Waals surface area contributed by atoms with Crippen LogP contribution in [0.2, 0.25) is 0 Å². The Hall–Kier alpha value is -2.81. The van der Waals surface area contributed by atoms with Crippen LogP contribution < -0.4 is 5.32 Å². The van der Waals surface area contributed by atoms with Crippen molar-refractivity contribution >= 4 is 27.9 Å². The third-order valence-corrected chi connectivity index (χ3v) is 4.23. The van der Waals surface area contributed by atoms with Gasteiger partial charge in [-0.3, -0.25) is 4.79 Å². The molecule has 0 bridgehead atoms. The second-order valence-corrected chi connectivity index (χ2v) is 6.19. The number of carbonyl (C=O) groups excluding carboxylic acids is 1. The van der Waals surface area contributed by atoms with Crippen molar-refractivity contribution in [1.82, 2.24) is 34.5 Å². The Morgan fingerprint density at radius 1 is 1.39 bits per heavy atom. The number of hydrogen-bond donors (Lipinski definition) is 1. The standard InChI is InChI=1S/C14H13N7OS/c1-9-19-20-7-10(18-14(20)23-9)5-6-15-13(22)11-3-2-4-12-16-8-17-21(11)12/h2-4,7-8H,5-6H2,1H3,(H,15,22). The van der Waals surface area contributed by atoms with Crippen LogP contribution in [0.25, 0.3) is 10.6 Å². The minimum absolute atomic E-state index is 0.184. The fourth-order valence-electron chi connectivity index (χ4n) is 2.38. The van der Waals surface area contributed by atoms with Crippen LogP contribution in [-0.2, 0) is 6.42 Å². The number of pyridine rings is 1. The fourth-order valence-corrected chi connectivity index (χ4v) is 3.12. The zero-order valence-corrected chi connectivity index (χ0v) is 13.1. The van der Waals surface area contributed by atoms with Gasteiger partial charge >= 0.3 is 0 Å². The molecule has 4 heterocycles. The molecule has 8 nitrogen and oxygen atoms in total. The molecule has 0 radical (unpaired) electrons. The average Bonchev–Trinajstić information content (AvgIpc) is 3.20. The van der Waals surface area contributed by atoms with E-state index in [1.54, 1.807) is 34.1 Å². The van der Waals surface area contributed by atoms with Crippen LogP contribution in [0.5, 0.6) is 0 Å². The van der Waals surface area contributed by atoms with Gasteiger partial charge in [0, 0.05) is 13.0 Å². The van der Waals surface area contributed by atoms with E-state index < -0.39 is 0 Å². The molecule has 0 spiro atoms. The summed E-state index contributed by atoms with van der Waals surface area (Å²) in [5, 5.41) is 12.2. The van der Waals surface area contributed by atoms with Crippen molar-refractivity contribution in [3.8, 4) is 0 Å². The number of hydrogen-bond acceptors (Lipinski definition) is 6. The molecular formula is C14H13N7OS. The molecule has 0 aliphatic carbocycles. The molecule has 4 rings (SSSR count). The van der Waals surface area contributed by atoms with Gasteiger partial charge in [0.05, 0.1) is 11.9 Å². The largest absolute Gasteiger partial charge is 0.350 e. The smallest absolute Gasteiger partial charge is 0.270 e. The van der Waals surface area contributed by atoms with Gasteiger partial charge in [-0.2, -0.15) is 10.2 Å². The Bertz CT molecular complexity index is 967. The molecule has 4 aromatic rings. The third kappa shape index (κ3) is 2.55. The lowest BCUT2D eigenvalue weighted by atomic mass is 10.3. The van der Waals surface area contributed by atoms with E-state index in [2.05, 4.69) is 25.5 Å². The van der Waals surface area contributed by atoms with Gasteiger partial charge in [0.2, 0.25) is 4.96 Å². The quantitative estimate of drug-likeness (QED) is 0.606. The van der Waals surface area contributed by atoms with Crippen molar-refractivity contribution in [1.29, 1.82) is 0 Å². The Balaban J connectivity index is 1.43. The number of aromatic nitrogens is 6. The number of rotatable bonds is 4. The van der Waals surface area contributed by atoms with Gasteiger partial charge in [-0.05, 0) is 19.1 Å². The molecule has 1 N–H and O–H groups in total. The van der Waals surface area contributed by atoms with Crippen molar-refractivity contribution in [3.05, 3.63) is 47.1 Å². The van der Waals surface area contributed by atoms with E-state index in [-0.39, 0.29) is 5.91 Å². The lowest BCUT2D eigenvalue weighted by Crippen LogP contribution is -2.27. The van der Waals surface area contributed by atoms with Crippen LogP contribution in [-0.4, -0.2) is 41.6 Å². The predicted molar refractivity (Wildman–Crippen MR) is 84.6 cm³/mol. The van der Waals surface area contributed by atoms with Crippen LogP contribution in [0.15, 0.2) is 30.7 Å². The number of fused-ring (bicyclic) bond motifs is 2. The Morgan fingerprint density at radius 3 is 3.17 bits per heavy atom. The summed E-state index contributed by atoms with van der Waals surface area (Å²) in [6.45, 7) is 2.44. The summed E-state index contributed by atoms with van der Waals surface area (Å²) in [7, 11) is 0. The topological polar surface area (TPSA) is 89.5 Å². The summed E-state index contributed by atoms with van der Waals surface area (Å²) in [6, 6.07) is 5.31. The van der Waals surface area contributed by atoms with E-state index in [0.29, 0.717) is 24.3 Å². The number of carbonyl (C=O) groups is 1. The number of amides is 1. The van der Waals surface area contributed by atoms with Gasteiger partial charge in [0.1, 0.15) is 17.0 Å². The minimum atomic E-state index is -0.184. The van der Waals surface area contributed by atoms with Gasteiger partial charge in [-0.15, -0.1) is 0 Å². The Kier molecular flexibility index (Phi) is 3.27. The summed E-state index contributed by atoms with van der Waals surface area (Å²) in [5.41, 5.74) is 2.01. The lowest BCUT2D eigenvalue weighted by Gasteiger charge is -2.05. The number of nitrogens with one attached hydrogen (secondary N) is 1. The molecule has 4 aromatic heterocycles. The first-order valence-corrected chi connectivity index (χ1v) is 7.91. The molecule has 116 valence electrons. The molecule has 1 amide bonds. The van der Waals surface area contributed by atoms with Crippen molar-refractivity contribution < 1.29 is 4.79 Å². The highest BCUT2D eigenvalue weighted by atomic mass is 32.1. The third-order valence-electron chi connectivity index (χ3n) is 3.40. The summed E-state index contributed by atoms with van der Waals surface area (Å²) >= 11 is 1.55. The number of imidazole rings is 1. The Morgan fingerprint density at radius 2 is 2.30 bits per heavy atom. The molecule has 0 atom stereocenters. The van der Waals surface area contributed by atoms with Crippen LogP contribution in [0.3, 0.4) is 0 Å². The highest BCUT2D eigenvalue weighted by Crippen LogP contribution is 2.13. The summed E-state index contributed by atoms with van der Waals surface area (Å²) in [6.07, 6.45) is 3.97. The summed E-state index contributed by atoms with van der Waals surface area (Å²) in [5.74, 6) is -0.184. The second-order valence-electron chi connectivity index (χ2n) is 5.03. The zero-order chi connectivity index (χ0) is 15.8. The van der Waals surface area contributed by atoms with E-state index in [1.807, 2.05) is 13.1 Å². The maximum atomic E-state index is 12.3. The molecule has 23 heavy (non-hydrogen) atoms. The summed E-state index contributed by atoms with van der Waals surface area (Å²) in [4.78, 5) is 21.7. The van der Waals surface area contributed by atoms with Gasteiger partial charge in [-0.1, -0.05) is 17.4 Å². The molecule has 9 heteroatoms. The molecular weight excluding hydrogens is 314 g/mol. The maximum Gasteiger partial charge on any atom is 0.270 e. The van der Waals surface area contributed by atoms with Crippen molar-refractivity contribution in [2.45, 2.75) is 13.3 Å². The SMILES string of the molecule is Cc1nn2cc(CCNC(=O)c3cccc4ncnn34)nc2s1. The minimum Gasteiger partial charge on any atom is -0.350 e. The summed E-state index contributed by atoms with van der Waals surface area (Å²) < 4.78 is 3.29. The van der Waals surface area contributed by atoms with Gasteiger partial charge in [-0.25, -0.2) is 19.0 Å². The van der Waals surface area contributed by atoms with Crippen LogP contribution in [0, 0.1) is 6.92 Å². The van der Waals surface area contributed by atoms with Crippen LogP contribution in [0.1, 0.15) is 21.2 Å². The normalized spacial score (nSPS) is 11.3. The predicted octanol–water partition coefficient (Wildman–Crippen LogP) is 1.11. The highest BCUT2D eigenvalue weighted by Gasteiger charge is 2.11. The van der Waals surface area contributed by atoms with Gasteiger partial charge in [0.25, 0.3) is 5.91 Å². The molecule has 0 saturated heterocycles. The van der Waals surface area contributed by atoms with Gasteiger partial charge < -0.3 is 5.32 Å². The highest BCUT2D eigenvalue weighted by molar-refractivity contribution is 7.16. The zero-order valence-electron chi connectivity index (χ0n) is 12.3. The maximum absolute atomic E-state index is 12.3. The van der Waals surface area contributed by atoms with Crippen molar-refractivity contribution in [3.63, 3.8) is 0 Å². The number of aryl methyl sites for hydroxylation is 1. The van der Waals surface area contributed by atoms with Crippen LogP contribution >= 0.6 is 11.3 Å². The molecule has 0 aromatic carbocycles. The van der Waals surface area contributed by atoms with Crippen molar-refractivity contribution in [2.24, 2.45) is 0 Å². The van der Waals surface area contributed by atoms with Crippen molar-refractivity contribution in [2.75, 3.05) is 6.54 Å². The fraction of sp³-hybridized carbons (Fsp3) is 0.214. The van der Waals surface area contributed by atoms with Gasteiger partial charge in [0.15, 0.2) is 5.65 Å². The monoisotopic (exact) mass is 327 g/mol. The van der Waals surface area contributed by atoms with E-state index in [4.69, 9.17) is 0 Å². The second kappa shape index (κ2) is 5.43. The van der Waals surface area contributed by atoms with E-state index in [1.165, 1.54) is 10.8 Å². The first-order chi connectivity index (χ1) is 11.2. The van der Waals surface area contributed by atoms with E-state index in [9.17, 15) is 4.79 Å². The molecule has 0 fully saturated rings. The van der Waals surface area contributed by atoms with Crippen LogP contribution in [0.4, 0.5) is 0 Å². The first-order valence-electron chi connectivity index (χ1n) is 7.09. The first kappa shape index (κ1) is 13.8. The molecule has 0 aliphatic rings. The van der Waals surface area contributed by atoms with E-state index >= 15 is 0 Å². The molecule has 0 saturated carbocycles. The molecule has 0 aliphatic heterocycles. The molecule has 0 unspecified atom stereocenters. The Labute approximate surface area is 134 Å². The van der Waals surface area contributed by atoms with E-state index in [0.717, 1.165) is 15.7 Å².